The number of nitrogens with one attached hydrogen (secondary N) is 3. The number of amides is 2. The van der Waals surface area contributed by atoms with E-state index in [-0.39, 0.29) is 25.2 Å². The fourth-order valence-electron chi connectivity index (χ4n) is 1.56. The lowest BCUT2D eigenvalue weighted by Gasteiger charge is -2.16. The summed E-state index contributed by atoms with van der Waals surface area (Å²) in [6.07, 6.45) is 1.07. The smallest absolute Gasteiger partial charge is 0.315 e. The van der Waals surface area contributed by atoms with Crippen LogP contribution in [0.1, 0.15) is 18.5 Å². The molecule has 0 heterocycles. The minimum atomic E-state index is -3.22. The second-order valence-corrected chi connectivity index (χ2v) is 7.00. The minimum absolute atomic E-state index is 0.159. The van der Waals surface area contributed by atoms with Crippen molar-refractivity contribution < 1.29 is 13.2 Å². The van der Waals surface area contributed by atoms with Crippen molar-refractivity contribution in [3.8, 4) is 0 Å². The first-order valence-corrected chi connectivity index (χ1v) is 8.71. The van der Waals surface area contributed by atoms with Crippen LogP contribution < -0.4 is 15.4 Å². The van der Waals surface area contributed by atoms with E-state index in [2.05, 4.69) is 31.3 Å². The fraction of sp³-hybridized carbons (Fsp3) is 0.417. The molecule has 1 unspecified atom stereocenters. The summed E-state index contributed by atoms with van der Waals surface area (Å²) in [6, 6.07) is 7.11. The van der Waals surface area contributed by atoms with Crippen LogP contribution in [-0.2, 0) is 10.0 Å². The molecule has 0 fully saturated rings. The Balaban J connectivity index is 2.37. The highest BCUT2D eigenvalue weighted by Crippen LogP contribution is 2.22. The summed E-state index contributed by atoms with van der Waals surface area (Å²) in [4.78, 5) is 11.6. The number of rotatable bonds is 6. The van der Waals surface area contributed by atoms with Gasteiger partial charge in [-0.15, -0.1) is 0 Å². The van der Waals surface area contributed by atoms with Gasteiger partial charge in [0.15, 0.2) is 0 Å². The predicted octanol–water partition coefficient (Wildman–Crippen LogP) is 1.36. The molecule has 2 amide bonds. The van der Waals surface area contributed by atoms with Crippen LogP contribution in [0.5, 0.6) is 0 Å². The van der Waals surface area contributed by atoms with Crippen LogP contribution in [0, 0.1) is 0 Å². The van der Waals surface area contributed by atoms with E-state index in [1.54, 1.807) is 0 Å². The summed E-state index contributed by atoms with van der Waals surface area (Å²) in [5.41, 5.74) is 0.969. The van der Waals surface area contributed by atoms with Gasteiger partial charge in [0.25, 0.3) is 0 Å². The number of hydrogen-bond donors (Lipinski definition) is 3. The largest absolute Gasteiger partial charge is 0.337 e. The van der Waals surface area contributed by atoms with Crippen LogP contribution in [0.15, 0.2) is 28.7 Å². The Hall–Kier alpha value is -1.12. The summed E-state index contributed by atoms with van der Waals surface area (Å²) in [7, 11) is -3.22. The standard InChI is InChI=1S/C12H18BrN3O3S/c1-9(10-5-3-4-6-11(10)13)16-12(17)14-7-8-15-20(2,18)19/h3-6,9,15H,7-8H2,1-2H3,(H2,14,16,17). The zero-order valence-corrected chi connectivity index (χ0v) is 13.7. The van der Waals surface area contributed by atoms with Gasteiger partial charge >= 0.3 is 6.03 Å². The Labute approximate surface area is 127 Å². The van der Waals surface area contributed by atoms with Gasteiger partial charge in [0, 0.05) is 17.6 Å². The first-order valence-electron chi connectivity index (χ1n) is 6.03. The molecule has 112 valence electrons. The maximum absolute atomic E-state index is 11.6. The summed E-state index contributed by atoms with van der Waals surface area (Å²) >= 11 is 3.42. The Kier molecular flexibility index (Phi) is 6.44. The third kappa shape index (κ3) is 6.36. The van der Waals surface area contributed by atoms with E-state index in [0.29, 0.717) is 0 Å². The number of carbonyl (C=O) groups is 1. The molecule has 0 bridgehead atoms. The Morgan fingerprint density at radius 1 is 1.30 bits per heavy atom. The summed E-state index contributed by atoms with van der Waals surface area (Å²) in [6.45, 7) is 2.26. The van der Waals surface area contributed by atoms with Crippen molar-refractivity contribution in [1.29, 1.82) is 0 Å². The normalized spacial score (nSPS) is 12.8. The number of urea groups is 1. The van der Waals surface area contributed by atoms with Crippen molar-refractivity contribution in [1.82, 2.24) is 15.4 Å². The predicted molar refractivity (Wildman–Crippen MR) is 81.9 cm³/mol. The van der Waals surface area contributed by atoms with Gasteiger partial charge in [0.2, 0.25) is 10.0 Å². The van der Waals surface area contributed by atoms with E-state index in [0.717, 1.165) is 16.3 Å². The van der Waals surface area contributed by atoms with Gasteiger partial charge in [-0.3, -0.25) is 0 Å². The maximum Gasteiger partial charge on any atom is 0.315 e. The van der Waals surface area contributed by atoms with Crippen LogP contribution in [0.4, 0.5) is 4.79 Å². The molecule has 1 rings (SSSR count). The number of benzene rings is 1. The Morgan fingerprint density at radius 2 is 1.95 bits per heavy atom. The lowest BCUT2D eigenvalue weighted by molar-refractivity contribution is 0.238. The number of sulfonamides is 1. The number of halogens is 1. The average molecular weight is 364 g/mol. The van der Waals surface area contributed by atoms with Crippen LogP contribution in [0.25, 0.3) is 0 Å². The molecule has 0 aliphatic carbocycles. The van der Waals surface area contributed by atoms with Crippen LogP contribution >= 0.6 is 15.9 Å². The molecular weight excluding hydrogens is 346 g/mol. The van der Waals surface area contributed by atoms with Crippen LogP contribution in [-0.4, -0.2) is 33.8 Å². The third-order valence-corrected chi connectivity index (χ3v) is 3.94. The van der Waals surface area contributed by atoms with E-state index in [1.165, 1.54) is 0 Å². The third-order valence-electron chi connectivity index (χ3n) is 2.49. The molecule has 3 N–H and O–H groups in total. The quantitative estimate of drug-likeness (QED) is 0.666. The van der Waals surface area contributed by atoms with Crippen LogP contribution in [0.2, 0.25) is 0 Å². The second-order valence-electron chi connectivity index (χ2n) is 4.31. The van der Waals surface area contributed by atoms with Crippen molar-refractivity contribution in [2.75, 3.05) is 19.3 Å². The lowest BCUT2D eigenvalue weighted by Crippen LogP contribution is -2.41. The molecule has 0 saturated heterocycles. The van der Waals surface area contributed by atoms with Gasteiger partial charge < -0.3 is 10.6 Å². The molecule has 1 aromatic carbocycles. The van der Waals surface area contributed by atoms with Gasteiger partial charge in [-0.05, 0) is 18.6 Å². The lowest BCUT2D eigenvalue weighted by atomic mass is 10.1. The van der Waals surface area contributed by atoms with E-state index in [9.17, 15) is 13.2 Å². The van der Waals surface area contributed by atoms with Crippen molar-refractivity contribution in [2.45, 2.75) is 13.0 Å². The van der Waals surface area contributed by atoms with E-state index in [1.807, 2.05) is 31.2 Å². The van der Waals surface area contributed by atoms with Gasteiger partial charge in [0.05, 0.1) is 12.3 Å². The SMILES string of the molecule is CC(NC(=O)NCCNS(C)(=O)=O)c1ccccc1Br. The molecule has 0 aromatic heterocycles. The van der Waals surface area contributed by atoms with E-state index in [4.69, 9.17) is 0 Å². The zero-order valence-electron chi connectivity index (χ0n) is 11.3. The molecule has 0 aliphatic heterocycles. The average Bonchev–Trinajstić information content (AvgIpc) is 2.34. The second kappa shape index (κ2) is 7.61. The van der Waals surface area contributed by atoms with Gasteiger partial charge in [-0.25, -0.2) is 17.9 Å². The Bertz CT molecular complexity index is 563. The number of carbonyl (C=O) groups excluding carboxylic acids is 1. The van der Waals surface area contributed by atoms with Gasteiger partial charge in [-0.2, -0.15) is 0 Å². The van der Waals surface area contributed by atoms with Crippen LogP contribution in [0.3, 0.4) is 0 Å². The minimum Gasteiger partial charge on any atom is -0.337 e. The zero-order chi connectivity index (χ0) is 15.2. The van der Waals surface area contributed by atoms with Crippen molar-refractivity contribution in [3.05, 3.63) is 34.3 Å². The molecule has 1 aromatic rings. The highest BCUT2D eigenvalue weighted by atomic mass is 79.9. The maximum atomic E-state index is 11.6. The highest BCUT2D eigenvalue weighted by Gasteiger charge is 2.11. The number of hydrogen-bond acceptors (Lipinski definition) is 3. The van der Waals surface area contributed by atoms with Crippen molar-refractivity contribution >= 4 is 32.0 Å². The molecule has 20 heavy (non-hydrogen) atoms. The van der Waals surface area contributed by atoms with Gasteiger partial charge in [0.1, 0.15) is 0 Å². The molecule has 0 spiro atoms. The molecule has 8 heteroatoms. The fourth-order valence-corrected chi connectivity index (χ4v) is 2.67. The molecule has 0 aliphatic rings. The molecule has 0 radical (unpaired) electrons. The molecule has 0 saturated carbocycles. The molecular formula is C12H18BrN3O3S. The van der Waals surface area contributed by atoms with Crippen molar-refractivity contribution in [2.24, 2.45) is 0 Å². The summed E-state index contributed by atoms with van der Waals surface area (Å²) in [5, 5.41) is 5.36. The highest BCUT2D eigenvalue weighted by molar-refractivity contribution is 9.10. The van der Waals surface area contributed by atoms with E-state index < -0.39 is 10.0 Å². The molecule has 1 atom stereocenters. The first-order chi connectivity index (χ1) is 9.29. The summed E-state index contributed by atoms with van der Waals surface area (Å²) in [5.74, 6) is 0. The van der Waals surface area contributed by atoms with Gasteiger partial charge in [-0.1, -0.05) is 34.1 Å². The Morgan fingerprint density at radius 3 is 2.55 bits per heavy atom. The topological polar surface area (TPSA) is 87.3 Å². The monoisotopic (exact) mass is 363 g/mol. The van der Waals surface area contributed by atoms with Crippen molar-refractivity contribution in [3.63, 3.8) is 0 Å². The molecule has 6 nitrogen and oxygen atoms in total. The first kappa shape index (κ1) is 16.9. The summed E-state index contributed by atoms with van der Waals surface area (Å²) < 4.78 is 24.9. The van der Waals surface area contributed by atoms with E-state index >= 15 is 0 Å².